The quantitative estimate of drug-likeness (QED) is 0.0765. The molecule has 4 fully saturated rings. The lowest BCUT2D eigenvalue weighted by molar-refractivity contribution is -0.167. The number of H-pyrrole nitrogens is 1. The monoisotopic (exact) mass is 801 g/mol. The molecule has 0 radical (unpaired) electrons. The van der Waals surface area contributed by atoms with Crippen LogP contribution in [-0.4, -0.2) is 84.6 Å². The largest absolute Gasteiger partial charge is 0.506 e. The first-order valence-corrected chi connectivity index (χ1v) is 20.4. The topological polar surface area (TPSA) is 160 Å². The molecule has 3 aliphatic heterocycles. The van der Waals surface area contributed by atoms with Crippen molar-refractivity contribution in [3.63, 3.8) is 0 Å². The lowest BCUT2D eigenvalue weighted by Crippen LogP contribution is -2.53. The van der Waals surface area contributed by atoms with Crippen molar-refractivity contribution in [3.8, 4) is 17.2 Å². The molecule has 1 saturated carbocycles. The van der Waals surface area contributed by atoms with Gasteiger partial charge in [-0.3, -0.25) is 14.5 Å². The van der Waals surface area contributed by atoms with Gasteiger partial charge in [0.1, 0.15) is 23.4 Å². The summed E-state index contributed by atoms with van der Waals surface area (Å²) < 4.78 is 23.1. The smallest absolute Gasteiger partial charge is 0.344 e. The molecule has 2 atom stereocenters. The van der Waals surface area contributed by atoms with Crippen molar-refractivity contribution in [2.45, 2.75) is 82.0 Å². The third-order valence-corrected chi connectivity index (χ3v) is 12.2. The van der Waals surface area contributed by atoms with Gasteiger partial charge in [0, 0.05) is 42.7 Å². The van der Waals surface area contributed by atoms with Crippen LogP contribution in [0, 0.1) is 5.92 Å². The molecule has 12 nitrogen and oxygen atoms in total. The van der Waals surface area contributed by atoms with Crippen LogP contribution < -0.4 is 20.3 Å². The molecule has 0 amide bonds. The van der Waals surface area contributed by atoms with Crippen molar-refractivity contribution in [2.75, 3.05) is 46.5 Å². The number of aromatic nitrogens is 1. The Hall–Kier alpha value is -4.62. The molecular weight excluding hydrogens is 750 g/mol. The number of aromatic hydroxyl groups is 1. The molecule has 1 aromatic heterocycles. The van der Waals surface area contributed by atoms with Gasteiger partial charge in [0.2, 0.25) is 5.56 Å². The van der Waals surface area contributed by atoms with Crippen molar-refractivity contribution >= 4 is 34.4 Å². The van der Waals surface area contributed by atoms with Crippen LogP contribution >= 0.6 is 11.6 Å². The Morgan fingerprint density at radius 3 is 2.60 bits per heavy atom. The number of aryl methyl sites for hydroxylation is 1. The predicted octanol–water partition coefficient (Wildman–Crippen LogP) is 6.11. The number of aliphatic hydroxyl groups excluding tert-OH is 1. The molecule has 4 N–H and O–H groups in total. The first-order chi connectivity index (χ1) is 27.6. The number of methoxy groups -OCH3 is 1. The number of carbonyl (C=O) groups is 2. The normalized spacial score (nSPS) is 20.5. The van der Waals surface area contributed by atoms with Gasteiger partial charge >= 0.3 is 11.9 Å². The third-order valence-electron chi connectivity index (χ3n) is 11.9. The zero-order chi connectivity index (χ0) is 39.9. The van der Waals surface area contributed by atoms with E-state index in [0.29, 0.717) is 47.6 Å². The van der Waals surface area contributed by atoms with E-state index in [9.17, 15) is 24.6 Å². The van der Waals surface area contributed by atoms with Crippen molar-refractivity contribution in [1.29, 1.82) is 0 Å². The number of piperidine rings is 3. The average Bonchev–Trinajstić information content (AvgIpc) is 3.23. The molecule has 304 valence electrons. The second-order valence-electron chi connectivity index (χ2n) is 15.6. The molecule has 4 aromatic rings. The predicted molar refractivity (Wildman–Crippen MR) is 216 cm³/mol. The van der Waals surface area contributed by atoms with Gasteiger partial charge in [0.25, 0.3) is 0 Å². The Morgan fingerprint density at radius 2 is 1.84 bits per heavy atom. The molecule has 1 unspecified atom stereocenters. The Labute approximate surface area is 337 Å². The van der Waals surface area contributed by atoms with E-state index in [4.69, 9.17) is 30.5 Å². The van der Waals surface area contributed by atoms with Crippen LogP contribution in [-0.2, 0) is 37.4 Å². The van der Waals surface area contributed by atoms with Crippen LogP contribution in [0.4, 0.5) is 0 Å². The lowest BCUT2D eigenvalue weighted by atomic mass is 9.69. The van der Waals surface area contributed by atoms with Crippen LogP contribution in [0.15, 0.2) is 65.5 Å². The van der Waals surface area contributed by atoms with E-state index in [1.165, 1.54) is 19.2 Å². The van der Waals surface area contributed by atoms with E-state index in [1.54, 1.807) is 24.3 Å². The van der Waals surface area contributed by atoms with E-state index < -0.39 is 17.5 Å². The van der Waals surface area contributed by atoms with Gasteiger partial charge in [-0.2, -0.15) is 0 Å². The van der Waals surface area contributed by atoms with E-state index in [-0.39, 0.29) is 59.4 Å². The van der Waals surface area contributed by atoms with E-state index in [1.807, 2.05) is 6.07 Å². The lowest BCUT2D eigenvalue weighted by Gasteiger charge is -2.45. The van der Waals surface area contributed by atoms with Crippen LogP contribution in [0.3, 0.4) is 0 Å². The number of fused-ring (bicyclic) bond motifs is 4. The Bertz CT molecular complexity index is 2110. The van der Waals surface area contributed by atoms with Gasteiger partial charge in [-0.25, -0.2) is 4.79 Å². The number of aliphatic hydroxyl groups is 1. The highest BCUT2D eigenvalue weighted by molar-refractivity contribution is 6.32. The number of nitrogens with zero attached hydrogens (tertiary/aromatic N) is 1. The summed E-state index contributed by atoms with van der Waals surface area (Å²) in [7, 11) is 1.51. The van der Waals surface area contributed by atoms with Crippen LogP contribution in [0.5, 0.6) is 17.2 Å². The molecule has 13 heteroatoms. The molecule has 0 spiro atoms. The van der Waals surface area contributed by atoms with Crippen molar-refractivity contribution in [2.24, 2.45) is 5.92 Å². The number of carbonyl (C=O) groups excluding carboxylic acids is 2. The number of esters is 2. The average molecular weight is 802 g/mol. The number of phenols is 1. The molecule has 4 aliphatic rings. The second kappa shape index (κ2) is 18.3. The van der Waals surface area contributed by atoms with Crippen molar-refractivity contribution < 1.29 is 38.7 Å². The fourth-order valence-corrected chi connectivity index (χ4v) is 8.98. The highest BCUT2D eigenvalue weighted by atomic mass is 35.5. The Kier molecular flexibility index (Phi) is 13.0. The zero-order valence-corrected chi connectivity index (χ0v) is 33.2. The standard InChI is InChI=1S/C44H52ClN3O9/c1-54-37-23-38(34(45)22-30(37)24-46-25-36(50)32-10-12-35(49)42-33(32)11-13-40(51)47-42)56-27-41(52)55-20-6-8-28-7-5-9-31(21-28)44(16-3-2-4-17-44)43(53)57-39-26-48-18-14-29(39)15-19-48/h5,7,9-13,21-23,29,36,39,46,49-50H,2-4,6,8,14-20,24-27H2,1H3,(H,47,51)/t36-,39?/m0/s1. The number of pyridine rings is 1. The van der Waals surface area contributed by atoms with E-state index in [0.717, 1.165) is 75.7 Å². The number of aromatic amines is 1. The number of nitrogens with one attached hydrogen (secondary N) is 2. The first kappa shape index (κ1) is 40.6. The summed E-state index contributed by atoms with van der Waals surface area (Å²) in [5, 5.41) is 25.1. The van der Waals surface area contributed by atoms with Crippen LogP contribution in [0.1, 0.15) is 79.7 Å². The summed E-state index contributed by atoms with van der Waals surface area (Å²) in [5.74, 6) is 0.537. The van der Waals surface area contributed by atoms with Crippen molar-refractivity contribution in [3.05, 3.63) is 98.3 Å². The van der Waals surface area contributed by atoms with E-state index >= 15 is 0 Å². The number of hydrogen-bond donors (Lipinski definition) is 4. The fraction of sp³-hybridized carbons (Fsp3) is 0.477. The van der Waals surface area contributed by atoms with Crippen molar-refractivity contribution in [1.82, 2.24) is 15.2 Å². The number of benzene rings is 3. The maximum atomic E-state index is 14.0. The molecular formula is C44H52ClN3O9. The number of rotatable bonds is 16. The maximum Gasteiger partial charge on any atom is 0.344 e. The molecule has 4 heterocycles. The number of hydrogen-bond acceptors (Lipinski definition) is 11. The summed E-state index contributed by atoms with van der Waals surface area (Å²) >= 11 is 6.53. The summed E-state index contributed by atoms with van der Waals surface area (Å²) in [6.45, 7) is 3.39. The Morgan fingerprint density at radius 1 is 1.04 bits per heavy atom. The third kappa shape index (κ3) is 9.41. The SMILES string of the molecule is COc1cc(OCC(=O)OCCCc2cccc(C3(C(=O)OC4CN5CCC4CC5)CCCCC3)c2)c(Cl)cc1CNC[C@H](O)c1ccc(O)c2[nH]c(=O)ccc12. The molecule has 2 bridgehead atoms. The minimum absolute atomic E-state index is 0.0102. The summed E-state index contributed by atoms with van der Waals surface area (Å²) in [6, 6.07) is 17.5. The van der Waals surface area contributed by atoms with E-state index in [2.05, 4.69) is 33.4 Å². The summed E-state index contributed by atoms with van der Waals surface area (Å²) in [6.07, 6.45) is 7.32. The summed E-state index contributed by atoms with van der Waals surface area (Å²) in [5.41, 5.74) is 2.67. The molecule has 1 aliphatic carbocycles. The summed E-state index contributed by atoms with van der Waals surface area (Å²) in [4.78, 5) is 43.4. The van der Waals surface area contributed by atoms with Crippen LogP contribution in [0.25, 0.3) is 10.9 Å². The van der Waals surface area contributed by atoms with Gasteiger partial charge in [0.15, 0.2) is 6.61 Å². The highest BCUT2D eigenvalue weighted by Crippen LogP contribution is 2.42. The van der Waals surface area contributed by atoms with Crippen LogP contribution in [0.2, 0.25) is 5.02 Å². The first-order valence-electron chi connectivity index (χ1n) is 20.0. The molecule has 3 saturated heterocycles. The van der Waals surface area contributed by atoms with Gasteiger partial charge < -0.3 is 39.5 Å². The van der Waals surface area contributed by atoms with Gasteiger partial charge in [-0.15, -0.1) is 0 Å². The number of ether oxygens (including phenoxy) is 4. The van der Waals surface area contributed by atoms with Gasteiger partial charge in [0.05, 0.1) is 35.8 Å². The highest BCUT2D eigenvalue weighted by Gasteiger charge is 2.46. The molecule has 57 heavy (non-hydrogen) atoms. The van der Waals surface area contributed by atoms with Gasteiger partial charge in [-0.05, 0) is 92.4 Å². The zero-order valence-electron chi connectivity index (χ0n) is 32.4. The minimum Gasteiger partial charge on any atom is -0.506 e. The maximum absolute atomic E-state index is 14.0. The molecule has 3 aromatic carbocycles. The minimum atomic E-state index is -0.942. The second-order valence-corrected chi connectivity index (χ2v) is 16.0. The fourth-order valence-electron chi connectivity index (χ4n) is 8.74. The van der Waals surface area contributed by atoms with Gasteiger partial charge in [-0.1, -0.05) is 61.2 Å². The number of halogens is 1. The Balaban J connectivity index is 0.876. The molecule has 8 rings (SSSR count). The number of phenolic OH excluding ortho intramolecular Hbond substituents is 1.